The van der Waals surface area contributed by atoms with Gasteiger partial charge in [0.25, 0.3) is 5.91 Å². The van der Waals surface area contributed by atoms with Crippen LogP contribution < -0.4 is 16.4 Å². The molecule has 2 amide bonds. The van der Waals surface area contributed by atoms with E-state index in [2.05, 4.69) is 10.6 Å². The Kier molecular flexibility index (Phi) is 5.99. The van der Waals surface area contributed by atoms with E-state index in [1.807, 2.05) is 0 Å². The van der Waals surface area contributed by atoms with Crippen molar-refractivity contribution >= 4 is 46.4 Å². The predicted octanol–water partition coefficient (Wildman–Crippen LogP) is 4.16. The number of benzene rings is 2. The van der Waals surface area contributed by atoms with Crippen molar-refractivity contribution in [3.05, 3.63) is 57.6 Å². The van der Waals surface area contributed by atoms with Crippen LogP contribution in [0, 0.1) is 0 Å². The minimum Gasteiger partial charge on any atom is -0.375 e. The molecule has 0 atom stereocenters. The number of nitrogens with two attached hydrogens (primary N) is 1. The van der Waals surface area contributed by atoms with E-state index in [0.29, 0.717) is 6.07 Å². The highest BCUT2D eigenvalue weighted by Crippen LogP contribution is 2.36. The number of nitrogens with one attached hydrogen (secondary N) is 2. The summed E-state index contributed by atoms with van der Waals surface area (Å²) in [4.78, 5) is 23.3. The third-order valence-corrected chi connectivity index (χ3v) is 3.72. The van der Waals surface area contributed by atoms with Gasteiger partial charge in [0, 0.05) is 15.7 Å². The Morgan fingerprint density at radius 2 is 1.62 bits per heavy atom. The minimum atomic E-state index is -4.69. The fraction of sp³-hybridized carbons (Fsp3) is 0.125. The first-order chi connectivity index (χ1) is 12.1. The van der Waals surface area contributed by atoms with Crippen molar-refractivity contribution < 1.29 is 22.8 Å². The van der Waals surface area contributed by atoms with Crippen molar-refractivity contribution in [2.75, 3.05) is 17.2 Å². The normalized spacial score (nSPS) is 11.1. The molecular formula is C16H12Cl2F3N3O2. The number of alkyl halides is 3. The molecule has 4 N–H and O–H groups in total. The summed E-state index contributed by atoms with van der Waals surface area (Å²) in [6.45, 7) is -0.416. The number of carbonyl (C=O) groups excluding carboxylic acids is 2. The molecule has 0 aliphatic heterocycles. The molecule has 138 valence electrons. The number of anilines is 2. The molecule has 0 aromatic heterocycles. The SMILES string of the molecule is NC(=O)c1ccc(Cl)cc1NCC(=O)Nc1ccc(Cl)cc1C(F)(F)F. The van der Waals surface area contributed by atoms with E-state index in [0.717, 1.165) is 6.07 Å². The molecule has 2 aromatic rings. The van der Waals surface area contributed by atoms with Gasteiger partial charge in [-0.1, -0.05) is 23.2 Å². The van der Waals surface area contributed by atoms with E-state index in [1.165, 1.54) is 24.3 Å². The summed E-state index contributed by atoms with van der Waals surface area (Å²) in [5.74, 6) is -1.52. The highest BCUT2D eigenvalue weighted by Gasteiger charge is 2.34. The summed E-state index contributed by atoms with van der Waals surface area (Å²) in [5, 5.41) is 4.94. The quantitative estimate of drug-likeness (QED) is 0.697. The fourth-order valence-corrected chi connectivity index (χ4v) is 2.45. The van der Waals surface area contributed by atoms with Gasteiger partial charge in [-0.05, 0) is 36.4 Å². The highest BCUT2D eigenvalue weighted by molar-refractivity contribution is 6.31. The molecule has 2 rings (SSSR count). The molecule has 0 heterocycles. The molecule has 0 aliphatic carbocycles. The number of carbonyl (C=O) groups is 2. The van der Waals surface area contributed by atoms with Gasteiger partial charge < -0.3 is 16.4 Å². The van der Waals surface area contributed by atoms with Crippen LogP contribution in [0.3, 0.4) is 0 Å². The Balaban J connectivity index is 2.14. The molecular weight excluding hydrogens is 394 g/mol. The van der Waals surface area contributed by atoms with E-state index in [9.17, 15) is 22.8 Å². The van der Waals surface area contributed by atoms with E-state index in [4.69, 9.17) is 28.9 Å². The molecule has 0 saturated heterocycles. The summed E-state index contributed by atoms with van der Waals surface area (Å²) < 4.78 is 39.1. The van der Waals surface area contributed by atoms with Crippen LogP contribution in [0.15, 0.2) is 36.4 Å². The molecule has 2 aromatic carbocycles. The number of hydrogen-bond acceptors (Lipinski definition) is 3. The third kappa shape index (κ3) is 5.03. The van der Waals surface area contributed by atoms with Gasteiger partial charge in [0.15, 0.2) is 0 Å². The van der Waals surface area contributed by atoms with E-state index < -0.39 is 35.8 Å². The van der Waals surface area contributed by atoms with Crippen LogP contribution in [-0.4, -0.2) is 18.4 Å². The summed E-state index contributed by atoms with van der Waals surface area (Å²) in [6, 6.07) is 7.17. The molecule has 0 spiro atoms. The van der Waals surface area contributed by atoms with Crippen LogP contribution in [0.25, 0.3) is 0 Å². The summed E-state index contributed by atoms with van der Waals surface area (Å²) in [6.07, 6.45) is -4.69. The van der Waals surface area contributed by atoms with Crippen LogP contribution in [0.4, 0.5) is 24.5 Å². The zero-order valence-corrected chi connectivity index (χ0v) is 14.5. The predicted molar refractivity (Wildman–Crippen MR) is 93.5 cm³/mol. The highest BCUT2D eigenvalue weighted by atomic mass is 35.5. The maximum atomic E-state index is 13.0. The van der Waals surface area contributed by atoms with Gasteiger partial charge in [0.2, 0.25) is 5.91 Å². The standard InChI is InChI=1S/C16H12Cl2F3N3O2/c17-8-2-4-12(11(5-8)16(19,20)21)24-14(25)7-23-13-6-9(18)1-3-10(13)15(22)26/h1-6,23H,7H2,(H2,22,26)(H,24,25). The van der Waals surface area contributed by atoms with Gasteiger partial charge in [-0.25, -0.2) is 0 Å². The second-order valence-corrected chi connectivity index (χ2v) is 6.02. The first-order valence-corrected chi connectivity index (χ1v) is 7.83. The maximum Gasteiger partial charge on any atom is 0.418 e. The van der Waals surface area contributed by atoms with E-state index >= 15 is 0 Å². The van der Waals surface area contributed by atoms with Crippen molar-refractivity contribution in [1.29, 1.82) is 0 Å². The number of rotatable bonds is 5. The third-order valence-electron chi connectivity index (χ3n) is 3.25. The van der Waals surface area contributed by atoms with Crippen molar-refractivity contribution in [3.63, 3.8) is 0 Å². The summed E-state index contributed by atoms with van der Waals surface area (Å²) >= 11 is 11.4. The average molecular weight is 406 g/mol. The first kappa shape index (κ1) is 19.9. The molecule has 0 fully saturated rings. The molecule has 10 heteroatoms. The van der Waals surface area contributed by atoms with Gasteiger partial charge in [-0.2, -0.15) is 13.2 Å². The zero-order chi connectivity index (χ0) is 19.5. The topological polar surface area (TPSA) is 84.2 Å². The monoisotopic (exact) mass is 405 g/mol. The van der Waals surface area contributed by atoms with Crippen LogP contribution in [0.1, 0.15) is 15.9 Å². The van der Waals surface area contributed by atoms with E-state index in [1.54, 1.807) is 0 Å². The van der Waals surface area contributed by atoms with Gasteiger partial charge in [0.1, 0.15) is 0 Å². The molecule has 0 radical (unpaired) electrons. The Hall–Kier alpha value is -2.45. The second-order valence-electron chi connectivity index (χ2n) is 5.14. The van der Waals surface area contributed by atoms with Crippen molar-refractivity contribution in [2.24, 2.45) is 5.73 Å². The Labute approximate surface area is 156 Å². The fourth-order valence-electron chi connectivity index (χ4n) is 2.11. The van der Waals surface area contributed by atoms with Crippen LogP contribution in [0.5, 0.6) is 0 Å². The van der Waals surface area contributed by atoms with Crippen molar-refractivity contribution in [2.45, 2.75) is 6.18 Å². The van der Waals surface area contributed by atoms with Gasteiger partial charge in [0.05, 0.1) is 23.4 Å². The van der Waals surface area contributed by atoms with Gasteiger partial charge >= 0.3 is 6.18 Å². The van der Waals surface area contributed by atoms with Crippen molar-refractivity contribution in [1.82, 2.24) is 0 Å². The molecule has 0 unspecified atom stereocenters. The van der Waals surface area contributed by atoms with Crippen LogP contribution in [0.2, 0.25) is 10.0 Å². The van der Waals surface area contributed by atoms with Crippen molar-refractivity contribution in [3.8, 4) is 0 Å². The molecule has 0 bridgehead atoms. The lowest BCUT2D eigenvalue weighted by Crippen LogP contribution is -2.25. The number of halogens is 5. The molecule has 26 heavy (non-hydrogen) atoms. The Morgan fingerprint density at radius 1 is 1.00 bits per heavy atom. The molecule has 5 nitrogen and oxygen atoms in total. The van der Waals surface area contributed by atoms with Crippen LogP contribution in [-0.2, 0) is 11.0 Å². The number of primary amides is 1. The molecule has 0 aliphatic rings. The minimum absolute atomic E-state index is 0.0877. The maximum absolute atomic E-state index is 13.0. The van der Waals surface area contributed by atoms with Crippen LogP contribution >= 0.6 is 23.2 Å². The summed E-state index contributed by atoms with van der Waals surface area (Å²) in [5.41, 5.74) is 3.99. The second kappa shape index (κ2) is 7.84. The number of hydrogen-bond donors (Lipinski definition) is 3. The zero-order valence-electron chi connectivity index (χ0n) is 13.0. The van der Waals surface area contributed by atoms with Gasteiger partial charge in [-0.15, -0.1) is 0 Å². The Morgan fingerprint density at radius 3 is 2.23 bits per heavy atom. The number of amides is 2. The largest absolute Gasteiger partial charge is 0.418 e. The summed E-state index contributed by atoms with van der Waals surface area (Å²) in [7, 11) is 0. The lowest BCUT2D eigenvalue weighted by Gasteiger charge is -2.15. The Bertz CT molecular complexity index is 857. The lowest BCUT2D eigenvalue weighted by atomic mass is 10.1. The lowest BCUT2D eigenvalue weighted by molar-refractivity contribution is -0.137. The first-order valence-electron chi connectivity index (χ1n) is 7.08. The van der Waals surface area contributed by atoms with Gasteiger partial charge in [-0.3, -0.25) is 9.59 Å². The molecule has 0 saturated carbocycles. The average Bonchev–Trinajstić information content (AvgIpc) is 2.53. The van der Waals surface area contributed by atoms with E-state index in [-0.39, 0.29) is 21.3 Å². The smallest absolute Gasteiger partial charge is 0.375 e.